The lowest BCUT2D eigenvalue weighted by molar-refractivity contribution is 0.261. The van der Waals surface area contributed by atoms with Gasteiger partial charge in [-0.1, -0.05) is 54.6 Å². The van der Waals surface area contributed by atoms with Gasteiger partial charge in [0, 0.05) is 73.6 Å². The molecular weight excluding hydrogens is 404 g/mol. The summed E-state index contributed by atoms with van der Waals surface area (Å²) in [5.41, 5.74) is 6.69. The summed E-state index contributed by atoms with van der Waals surface area (Å²) in [6, 6.07) is 28.4. The number of para-hydroxylation sites is 1. The molecule has 1 aliphatic rings. The molecular formula is C29H30N4. The largest absolute Gasteiger partial charge is 0.368 e. The number of aromatic amines is 1. The fraction of sp³-hybridized carbons (Fsp3) is 0.241. The molecule has 0 atom stereocenters. The fourth-order valence-corrected chi connectivity index (χ4v) is 5.23. The van der Waals surface area contributed by atoms with Gasteiger partial charge in [-0.3, -0.25) is 4.90 Å². The molecule has 1 saturated heterocycles. The maximum atomic E-state index is 3.41. The van der Waals surface area contributed by atoms with Crippen molar-refractivity contribution >= 4 is 27.5 Å². The van der Waals surface area contributed by atoms with Crippen LogP contribution in [-0.4, -0.2) is 47.2 Å². The van der Waals surface area contributed by atoms with Crippen molar-refractivity contribution in [2.24, 2.45) is 0 Å². The molecule has 33 heavy (non-hydrogen) atoms. The average molecular weight is 435 g/mol. The number of rotatable bonds is 6. The van der Waals surface area contributed by atoms with Crippen LogP contribution in [0.3, 0.4) is 0 Å². The van der Waals surface area contributed by atoms with Crippen LogP contribution in [0.5, 0.6) is 0 Å². The van der Waals surface area contributed by atoms with Gasteiger partial charge < -0.3 is 14.5 Å². The molecule has 3 aromatic carbocycles. The molecule has 0 bridgehead atoms. The van der Waals surface area contributed by atoms with E-state index in [1.165, 1.54) is 38.6 Å². The van der Waals surface area contributed by atoms with Gasteiger partial charge in [0.05, 0.1) is 5.52 Å². The van der Waals surface area contributed by atoms with E-state index in [4.69, 9.17) is 0 Å². The predicted octanol–water partition coefficient (Wildman–Crippen LogP) is 5.54. The Morgan fingerprint density at radius 1 is 0.727 bits per heavy atom. The van der Waals surface area contributed by atoms with Crippen LogP contribution < -0.4 is 4.90 Å². The van der Waals surface area contributed by atoms with Gasteiger partial charge in [-0.2, -0.15) is 0 Å². The topological polar surface area (TPSA) is 27.2 Å². The van der Waals surface area contributed by atoms with Crippen molar-refractivity contribution in [2.75, 3.05) is 37.6 Å². The summed E-state index contributed by atoms with van der Waals surface area (Å²) < 4.78 is 2.37. The van der Waals surface area contributed by atoms with E-state index >= 15 is 0 Å². The van der Waals surface area contributed by atoms with E-state index in [0.29, 0.717) is 0 Å². The molecule has 0 saturated carbocycles. The zero-order valence-electron chi connectivity index (χ0n) is 19.0. The molecule has 0 aliphatic carbocycles. The average Bonchev–Trinajstić information content (AvgIpc) is 3.48. The van der Waals surface area contributed by atoms with Crippen molar-refractivity contribution in [3.8, 4) is 0 Å². The Bertz CT molecular complexity index is 1360. The molecule has 4 heteroatoms. The molecule has 3 heterocycles. The van der Waals surface area contributed by atoms with Crippen molar-refractivity contribution in [3.05, 3.63) is 102 Å². The van der Waals surface area contributed by atoms with Gasteiger partial charge in [0.1, 0.15) is 0 Å². The second-order valence-electron chi connectivity index (χ2n) is 9.08. The van der Waals surface area contributed by atoms with Crippen LogP contribution in [0.25, 0.3) is 21.8 Å². The number of aromatic nitrogens is 2. The first kappa shape index (κ1) is 20.1. The summed E-state index contributed by atoms with van der Waals surface area (Å²) in [6.07, 6.45) is 5.52. The minimum atomic E-state index is 0.912. The molecule has 1 aliphatic heterocycles. The monoisotopic (exact) mass is 434 g/mol. The van der Waals surface area contributed by atoms with E-state index in [1.807, 2.05) is 0 Å². The predicted molar refractivity (Wildman–Crippen MR) is 138 cm³/mol. The summed E-state index contributed by atoms with van der Waals surface area (Å²) in [5, 5.41) is 2.73. The molecule has 6 rings (SSSR count). The van der Waals surface area contributed by atoms with E-state index in [0.717, 1.165) is 45.7 Å². The lowest BCUT2D eigenvalue weighted by atomic mass is 10.1. The fourth-order valence-electron chi connectivity index (χ4n) is 5.23. The van der Waals surface area contributed by atoms with Gasteiger partial charge in [0.15, 0.2) is 0 Å². The smallest absolute Gasteiger partial charge is 0.0504 e. The molecule has 5 aromatic rings. The summed E-state index contributed by atoms with van der Waals surface area (Å²) in [6.45, 7) is 6.42. The number of nitrogens with one attached hydrogen (secondary N) is 1. The Morgan fingerprint density at radius 2 is 1.55 bits per heavy atom. The quantitative estimate of drug-likeness (QED) is 0.380. The first-order chi connectivity index (χ1) is 16.3. The third kappa shape index (κ3) is 4.03. The van der Waals surface area contributed by atoms with Gasteiger partial charge in [0.25, 0.3) is 0 Å². The Kier molecular flexibility index (Phi) is 5.37. The molecule has 2 aromatic heterocycles. The van der Waals surface area contributed by atoms with Crippen molar-refractivity contribution < 1.29 is 0 Å². The Labute approximate surface area is 195 Å². The number of hydrogen-bond donors (Lipinski definition) is 1. The Morgan fingerprint density at radius 3 is 2.42 bits per heavy atom. The summed E-state index contributed by atoms with van der Waals surface area (Å²) in [5.74, 6) is 0. The van der Waals surface area contributed by atoms with Crippen LogP contribution in [-0.2, 0) is 13.0 Å². The number of H-pyrrole nitrogens is 1. The Balaban J connectivity index is 1.12. The highest BCUT2D eigenvalue weighted by atomic mass is 15.3. The van der Waals surface area contributed by atoms with E-state index in [-0.39, 0.29) is 0 Å². The minimum Gasteiger partial charge on any atom is -0.368 e. The highest BCUT2D eigenvalue weighted by molar-refractivity contribution is 5.93. The van der Waals surface area contributed by atoms with Gasteiger partial charge in [0.2, 0.25) is 0 Å². The third-order valence-electron chi connectivity index (χ3n) is 7.07. The summed E-state index contributed by atoms with van der Waals surface area (Å²) >= 11 is 0. The van der Waals surface area contributed by atoms with Gasteiger partial charge >= 0.3 is 0 Å². The van der Waals surface area contributed by atoms with Crippen LogP contribution in [0.1, 0.15) is 11.1 Å². The number of fused-ring (bicyclic) bond motifs is 2. The molecule has 0 spiro atoms. The van der Waals surface area contributed by atoms with Gasteiger partial charge in [-0.25, -0.2) is 0 Å². The van der Waals surface area contributed by atoms with Crippen LogP contribution in [0.2, 0.25) is 0 Å². The van der Waals surface area contributed by atoms with Crippen molar-refractivity contribution in [3.63, 3.8) is 0 Å². The normalized spacial score (nSPS) is 15.0. The van der Waals surface area contributed by atoms with Crippen molar-refractivity contribution in [1.82, 2.24) is 14.5 Å². The molecule has 4 nitrogen and oxygen atoms in total. The van der Waals surface area contributed by atoms with Crippen LogP contribution in [0.15, 0.2) is 91.3 Å². The highest BCUT2D eigenvalue weighted by Crippen LogP contribution is 2.29. The first-order valence-electron chi connectivity index (χ1n) is 12.0. The first-order valence-corrected chi connectivity index (χ1v) is 12.0. The number of benzene rings is 3. The van der Waals surface area contributed by atoms with E-state index in [2.05, 4.69) is 111 Å². The standard InChI is InChI=1S/C29H30N4/c1-2-7-23(8-3-1)22-33-16-14-26-28(11-6-12-29(26)33)32-19-17-31(18-20-32)15-13-24-21-30-27-10-5-4-9-25(24)27/h1-12,14,16,21,30H,13,15,17-20,22H2. The maximum absolute atomic E-state index is 3.41. The van der Waals surface area contributed by atoms with Gasteiger partial charge in [-0.15, -0.1) is 0 Å². The van der Waals surface area contributed by atoms with E-state index < -0.39 is 0 Å². The van der Waals surface area contributed by atoms with E-state index in [1.54, 1.807) is 0 Å². The summed E-state index contributed by atoms with van der Waals surface area (Å²) in [7, 11) is 0. The second-order valence-corrected chi connectivity index (χ2v) is 9.08. The molecule has 0 radical (unpaired) electrons. The van der Waals surface area contributed by atoms with Crippen LogP contribution in [0.4, 0.5) is 5.69 Å². The molecule has 0 amide bonds. The van der Waals surface area contributed by atoms with E-state index in [9.17, 15) is 0 Å². The zero-order valence-corrected chi connectivity index (χ0v) is 19.0. The molecule has 0 unspecified atom stereocenters. The second kappa shape index (κ2) is 8.80. The lowest BCUT2D eigenvalue weighted by Crippen LogP contribution is -2.47. The van der Waals surface area contributed by atoms with Gasteiger partial charge in [-0.05, 0) is 41.8 Å². The zero-order chi connectivity index (χ0) is 22.0. The van der Waals surface area contributed by atoms with Crippen molar-refractivity contribution in [1.29, 1.82) is 0 Å². The SMILES string of the molecule is c1ccc(Cn2ccc3c(N4CCN(CCc5c[nH]c6ccccc56)CC4)cccc32)cc1. The van der Waals surface area contributed by atoms with Crippen molar-refractivity contribution in [2.45, 2.75) is 13.0 Å². The Hall–Kier alpha value is -3.50. The molecule has 166 valence electrons. The minimum absolute atomic E-state index is 0.912. The maximum Gasteiger partial charge on any atom is 0.0504 e. The number of hydrogen-bond acceptors (Lipinski definition) is 2. The lowest BCUT2D eigenvalue weighted by Gasteiger charge is -2.36. The van der Waals surface area contributed by atoms with Crippen LogP contribution in [0, 0.1) is 0 Å². The molecule has 1 fully saturated rings. The highest BCUT2D eigenvalue weighted by Gasteiger charge is 2.19. The van der Waals surface area contributed by atoms with Crippen LogP contribution >= 0.6 is 0 Å². The third-order valence-corrected chi connectivity index (χ3v) is 7.07. The number of nitrogens with zero attached hydrogens (tertiary/aromatic N) is 3. The number of piperazine rings is 1. The molecule has 1 N–H and O–H groups in total. The number of anilines is 1. The summed E-state index contributed by atoms with van der Waals surface area (Å²) in [4.78, 5) is 8.59.